The second-order valence-electron chi connectivity index (χ2n) is 6.63. The minimum absolute atomic E-state index is 0.250. The third kappa shape index (κ3) is 7.38. The third-order valence-electron chi connectivity index (χ3n) is 4.11. The van der Waals surface area contributed by atoms with Crippen molar-refractivity contribution >= 4 is 12.4 Å². The number of nitrogens with two attached hydrogens (primary N) is 1. The highest BCUT2D eigenvalue weighted by Crippen LogP contribution is 2.27. The lowest BCUT2D eigenvalue weighted by molar-refractivity contribution is -0.122. The number of methoxy groups -OCH3 is 1. The summed E-state index contributed by atoms with van der Waals surface area (Å²) in [5.41, 5.74) is 9.10. The SMILES string of the molecule is COc1ccc(-c2cccc(CN(C)CCN(C)C)c2)cc1C(N)=O.O=CO. The highest BCUT2D eigenvalue weighted by molar-refractivity contribution is 5.97. The number of carbonyl (C=O) groups is 2. The Kier molecular flexibility index (Phi) is 9.70. The molecule has 7 heteroatoms. The molecule has 0 heterocycles. The molecule has 0 aliphatic heterocycles. The van der Waals surface area contributed by atoms with Crippen LogP contribution in [0.2, 0.25) is 0 Å². The third-order valence-corrected chi connectivity index (χ3v) is 4.11. The fourth-order valence-corrected chi connectivity index (χ4v) is 2.69. The van der Waals surface area contributed by atoms with Gasteiger partial charge in [-0.1, -0.05) is 24.3 Å². The minimum Gasteiger partial charge on any atom is -0.496 e. The molecule has 0 spiro atoms. The lowest BCUT2D eigenvalue weighted by Gasteiger charge is -2.19. The summed E-state index contributed by atoms with van der Waals surface area (Å²) < 4.78 is 5.21. The number of ether oxygens (including phenoxy) is 1. The molecule has 0 saturated carbocycles. The van der Waals surface area contributed by atoms with Crippen LogP contribution in [0.3, 0.4) is 0 Å². The average molecular weight is 387 g/mol. The maximum absolute atomic E-state index is 11.6. The molecule has 0 saturated heterocycles. The van der Waals surface area contributed by atoms with Gasteiger partial charge in [0, 0.05) is 19.6 Å². The molecule has 3 N–H and O–H groups in total. The lowest BCUT2D eigenvalue weighted by atomic mass is 10.00. The molecule has 2 aromatic rings. The molecule has 1 amide bonds. The number of nitrogens with zero attached hydrogens (tertiary/aromatic N) is 2. The molecule has 0 aliphatic carbocycles. The summed E-state index contributed by atoms with van der Waals surface area (Å²) in [6.07, 6.45) is 0. The van der Waals surface area contributed by atoms with Gasteiger partial charge in [0.15, 0.2) is 0 Å². The van der Waals surface area contributed by atoms with Gasteiger partial charge in [-0.15, -0.1) is 0 Å². The van der Waals surface area contributed by atoms with Gasteiger partial charge in [0.2, 0.25) is 0 Å². The number of rotatable bonds is 8. The van der Waals surface area contributed by atoms with Crippen molar-refractivity contribution in [1.82, 2.24) is 9.80 Å². The Labute approximate surface area is 166 Å². The zero-order chi connectivity index (χ0) is 21.1. The van der Waals surface area contributed by atoms with Gasteiger partial charge in [0.25, 0.3) is 12.4 Å². The highest BCUT2D eigenvalue weighted by Gasteiger charge is 2.11. The largest absolute Gasteiger partial charge is 0.496 e. The van der Waals surface area contributed by atoms with Crippen LogP contribution in [0.25, 0.3) is 11.1 Å². The number of carboxylic acid groups (broad SMARTS) is 1. The summed E-state index contributed by atoms with van der Waals surface area (Å²) in [7, 11) is 7.81. The molecule has 2 aromatic carbocycles. The van der Waals surface area contributed by atoms with Gasteiger partial charge >= 0.3 is 0 Å². The van der Waals surface area contributed by atoms with Crippen molar-refractivity contribution in [2.45, 2.75) is 6.54 Å². The van der Waals surface area contributed by atoms with Gasteiger partial charge in [-0.05, 0) is 56.0 Å². The van der Waals surface area contributed by atoms with Gasteiger partial charge in [0.05, 0.1) is 12.7 Å². The molecular formula is C21H29N3O4. The summed E-state index contributed by atoms with van der Waals surface area (Å²) in [6, 6.07) is 13.9. The zero-order valence-electron chi connectivity index (χ0n) is 16.9. The van der Waals surface area contributed by atoms with Crippen LogP contribution in [0, 0.1) is 0 Å². The van der Waals surface area contributed by atoms with Crippen LogP contribution >= 0.6 is 0 Å². The molecule has 0 unspecified atom stereocenters. The van der Waals surface area contributed by atoms with E-state index in [1.54, 1.807) is 12.1 Å². The second kappa shape index (κ2) is 11.7. The highest BCUT2D eigenvalue weighted by atomic mass is 16.5. The molecule has 0 radical (unpaired) electrons. The molecule has 152 valence electrons. The van der Waals surface area contributed by atoms with E-state index in [9.17, 15) is 4.79 Å². The Hall–Kier alpha value is -2.90. The molecular weight excluding hydrogens is 358 g/mol. The molecule has 0 aromatic heterocycles. The Bertz CT molecular complexity index is 778. The van der Waals surface area contributed by atoms with Crippen molar-refractivity contribution in [3.8, 4) is 16.9 Å². The van der Waals surface area contributed by atoms with E-state index in [1.165, 1.54) is 12.7 Å². The Balaban J connectivity index is 0.00000122. The molecule has 0 bridgehead atoms. The second-order valence-corrected chi connectivity index (χ2v) is 6.63. The molecule has 7 nitrogen and oxygen atoms in total. The number of carbonyl (C=O) groups excluding carboxylic acids is 1. The molecule has 0 fully saturated rings. The van der Waals surface area contributed by atoms with Gasteiger partial charge in [-0.2, -0.15) is 0 Å². The van der Waals surface area contributed by atoms with Crippen LogP contribution in [0.15, 0.2) is 42.5 Å². The van der Waals surface area contributed by atoms with E-state index in [1.807, 2.05) is 18.2 Å². The lowest BCUT2D eigenvalue weighted by Crippen LogP contribution is -2.28. The summed E-state index contributed by atoms with van der Waals surface area (Å²) in [4.78, 5) is 24.5. The number of hydrogen-bond acceptors (Lipinski definition) is 5. The number of likely N-dealkylation sites (N-methyl/N-ethyl adjacent to an activating group) is 2. The maximum Gasteiger partial charge on any atom is 0.290 e. The normalized spacial score (nSPS) is 10.4. The predicted molar refractivity (Wildman–Crippen MR) is 111 cm³/mol. The van der Waals surface area contributed by atoms with E-state index in [2.05, 4.69) is 43.1 Å². The summed E-state index contributed by atoms with van der Waals surface area (Å²) in [5, 5.41) is 6.89. The quantitative estimate of drug-likeness (QED) is 0.674. The summed E-state index contributed by atoms with van der Waals surface area (Å²) >= 11 is 0. The van der Waals surface area contributed by atoms with E-state index in [4.69, 9.17) is 20.4 Å². The topological polar surface area (TPSA) is 96.1 Å². The van der Waals surface area contributed by atoms with Gasteiger partial charge < -0.3 is 25.4 Å². The van der Waals surface area contributed by atoms with Crippen molar-refractivity contribution in [3.63, 3.8) is 0 Å². The number of amides is 1. The monoisotopic (exact) mass is 387 g/mol. The fraction of sp³-hybridized carbons (Fsp3) is 0.333. The van der Waals surface area contributed by atoms with Crippen molar-refractivity contribution in [3.05, 3.63) is 53.6 Å². The molecule has 28 heavy (non-hydrogen) atoms. The van der Waals surface area contributed by atoms with E-state index in [-0.39, 0.29) is 6.47 Å². The standard InChI is InChI=1S/C20H27N3O2.CH2O2/c1-22(2)10-11-23(3)14-15-6-5-7-16(12-15)17-8-9-19(25-4)18(13-17)20(21)24;2-1-3/h5-9,12-13H,10-11,14H2,1-4H3,(H2,21,24);1H,(H,2,3). The van der Waals surface area contributed by atoms with Crippen LogP contribution in [0.5, 0.6) is 5.75 Å². The van der Waals surface area contributed by atoms with Crippen LogP contribution < -0.4 is 10.5 Å². The van der Waals surface area contributed by atoms with E-state index >= 15 is 0 Å². The Morgan fingerprint density at radius 3 is 2.32 bits per heavy atom. The molecule has 0 aliphatic rings. The maximum atomic E-state index is 11.6. The predicted octanol–water partition coefficient (Wildman–Crippen LogP) is 2.16. The molecule has 2 rings (SSSR count). The number of benzene rings is 2. The first-order valence-electron chi connectivity index (χ1n) is 8.80. The van der Waals surface area contributed by atoms with Gasteiger partial charge in [-0.3, -0.25) is 9.59 Å². The first-order chi connectivity index (χ1) is 13.3. The van der Waals surface area contributed by atoms with Crippen molar-refractivity contribution in [2.24, 2.45) is 5.73 Å². The van der Waals surface area contributed by atoms with Crippen LogP contribution in [-0.4, -0.2) is 68.6 Å². The summed E-state index contributed by atoms with van der Waals surface area (Å²) in [5.74, 6) is 0.00842. The van der Waals surface area contributed by atoms with Gasteiger partial charge in [0.1, 0.15) is 5.75 Å². The van der Waals surface area contributed by atoms with Gasteiger partial charge in [-0.25, -0.2) is 0 Å². The number of primary amides is 1. The Morgan fingerprint density at radius 1 is 1.11 bits per heavy atom. The smallest absolute Gasteiger partial charge is 0.290 e. The number of hydrogen-bond donors (Lipinski definition) is 2. The van der Waals surface area contributed by atoms with Crippen LogP contribution in [0.4, 0.5) is 0 Å². The van der Waals surface area contributed by atoms with E-state index in [0.717, 1.165) is 30.8 Å². The van der Waals surface area contributed by atoms with Crippen LogP contribution in [0.1, 0.15) is 15.9 Å². The molecule has 0 atom stereocenters. The average Bonchev–Trinajstić information content (AvgIpc) is 2.66. The van der Waals surface area contributed by atoms with Crippen LogP contribution in [-0.2, 0) is 11.3 Å². The van der Waals surface area contributed by atoms with Crippen molar-refractivity contribution < 1.29 is 19.4 Å². The first-order valence-corrected chi connectivity index (χ1v) is 8.80. The zero-order valence-corrected chi connectivity index (χ0v) is 16.9. The van der Waals surface area contributed by atoms with Crippen molar-refractivity contribution in [2.75, 3.05) is 41.3 Å². The first kappa shape index (κ1) is 23.1. The van der Waals surface area contributed by atoms with Crippen molar-refractivity contribution in [1.29, 1.82) is 0 Å². The summed E-state index contributed by atoms with van der Waals surface area (Å²) in [6.45, 7) is 2.66. The van der Waals surface area contributed by atoms with E-state index in [0.29, 0.717) is 11.3 Å². The minimum atomic E-state index is -0.488. The fourth-order valence-electron chi connectivity index (χ4n) is 2.69. The Morgan fingerprint density at radius 2 is 1.75 bits per heavy atom. The van der Waals surface area contributed by atoms with E-state index < -0.39 is 5.91 Å².